The zero-order valence-corrected chi connectivity index (χ0v) is 15.1. The predicted molar refractivity (Wildman–Crippen MR) is 98.1 cm³/mol. The fourth-order valence-corrected chi connectivity index (χ4v) is 3.90. The van der Waals surface area contributed by atoms with Gasteiger partial charge in [0.2, 0.25) is 11.1 Å². The van der Waals surface area contributed by atoms with Crippen LogP contribution in [0.4, 0.5) is 5.69 Å². The second-order valence-corrected chi connectivity index (χ2v) is 7.15. The zero-order valence-electron chi connectivity index (χ0n) is 14.3. The smallest absolute Gasteiger partial charge is 0.253 e. The Morgan fingerprint density at radius 3 is 2.96 bits per heavy atom. The van der Waals surface area contributed by atoms with Crippen molar-refractivity contribution in [1.29, 1.82) is 0 Å². The highest BCUT2D eigenvalue weighted by molar-refractivity contribution is 7.99. The van der Waals surface area contributed by atoms with E-state index in [0.29, 0.717) is 16.7 Å². The van der Waals surface area contributed by atoms with E-state index in [1.54, 1.807) is 4.52 Å². The average Bonchev–Trinajstić information content (AvgIpc) is 3.02. The number of carbonyl (C=O) groups excluding carboxylic acids is 1. The van der Waals surface area contributed by atoms with Crippen LogP contribution in [0.5, 0.6) is 0 Å². The van der Waals surface area contributed by atoms with Crippen molar-refractivity contribution in [1.82, 2.24) is 19.6 Å². The van der Waals surface area contributed by atoms with Crippen molar-refractivity contribution in [2.45, 2.75) is 31.8 Å². The topological polar surface area (TPSA) is 63.4 Å². The van der Waals surface area contributed by atoms with Crippen LogP contribution < -0.4 is 4.90 Å². The van der Waals surface area contributed by atoms with Crippen LogP contribution in [0, 0.1) is 13.8 Å². The summed E-state index contributed by atoms with van der Waals surface area (Å²) in [7, 11) is 0. The Bertz CT molecular complexity index is 952. The van der Waals surface area contributed by atoms with E-state index < -0.39 is 0 Å². The number of benzene rings is 1. The third-order valence-corrected chi connectivity index (χ3v) is 5.16. The largest absolute Gasteiger partial charge is 0.311 e. The summed E-state index contributed by atoms with van der Waals surface area (Å²) in [6.45, 7) is 4.68. The van der Waals surface area contributed by atoms with E-state index >= 15 is 0 Å². The van der Waals surface area contributed by atoms with Gasteiger partial charge in [0, 0.05) is 23.6 Å². The fraction of sp³-hybridized carbons (Fsp3) is 0.333. The molecule has 0 unspecified atom stereocenters. The third kappa shape index (κ3) is 3.11. The van der Waals surface area contributed by atoms with Gasteiger partial charge in [-0.05, 0) is 44.4 Å². The number of amides is 1. The molecule has 0 aliphatic carbocycles. The Morgan fingerprint density at radius 2 is 2.08 bits per heavy atom. The van der Waals surface area contributed by atoms with Gasteiger partial charge in [-0.25, -0.2) is 9.50 Å². The van der Waals surface area contributed by atoms with Crippen molar-refractivity contribution in [3.63, 3.8) is 0 Å². The van der Waals surface area contributed by atoms with Crippen LogP contribution in [0.25, 0.3) is 5.78 Å². The van der Waals surface area contributed by atoms with E-state index in [1.165, 1.54) is 17.3 Å². The van der Waals surface area contributed by atoms with Crippen molar-refractivity contribution in [3.8, 4) is 0 Å². The van der Waals surface area contributed by atoms with E-state index in [1.807, 2.05) is 43.0 Å². The van der Waals surface area contributed by atoms with Crippen LogP contribution in [-0.2, 0) is 11.2 Å². The van der Waals surface area contributed by atoms with Gasteiger partial charge < -0.3 is 4.90 Å². The van der Waals surface area contributed by atoms with E-state index in [0.717, 1.165) is 36.5 Å². The SMILES string of the molecule is Cc1cc(C)n2nc(SCC(=O)N3CCCc4ccccc43)nc2n1. The first-order valence-corrected chi connectivity index (χ1v) is 9.32. The lowest BCUT2D eigenvalue weighted by Gasteiger charge is -2.29. The zero-order chi connectivity index (χ0) is 17.4. The maximum atomic E-state index is 12.7. The molecule has 1 aliphatic rings. The van der Waals surface area contributed by atoms with Gasteiger partial charge in [-0.1, -0.05) is 30.0 Å². The Hall–Kier alpha value is -2.41. The van der Waals surface area contributed by atoms with Crippen molar-refractivity contribution in [3.05, 3.63) is 47.3 Å². The van der Waals surface area contributed by atoms with Gasteiger partial charge in [0.15, 0.2) is 0 Å². The molecule has 0 bridgehead atoms. The number of rotatable bonds is 3. The van der Waals surface area contributed by atoms with Gasteiger partial charge in [-0.15, -0.1) is 5.10 Å². The Kier molecular flexibility index (Phi) is 4.17. The van der Waals surface area contributed by atoms with Crippen LogP contribution in [0.1, 0.15) is 23.4 Å². The van der Waals surface area contributed by atoms with E-state index in [4.69, 9.17) is 0 Å². The summed E-state index contributed by atoms with van der Waals surface area (Å²) in [5.41, 5.74) is 4.18. The van der Waals surface area contributed by atoms with Crippen LogP contribution in [-0.4, -0.2) is 37.8 Å². The molecular formula is C18H19N5OS. The lowest BCUT2D eigenvalue weighted by atomic mass is 10.0. The highest BCUT2D eigenvalue weighted by atomic mass is 32.2. The fourth-order valence-electron chi connectivity index (χ4n) is 3.21. The molecule has 6 nitrogen and oxygen atoms in total. The molecule has 1 aliphatic heterocycles. The van der Waals surface area contributed by atoms with Crippen LogP contribution in [0.15, 0.2) is 35.5 Å². The molecule has 3 aromatic rings. The first kappa shape index (κ1) is 16.1. The summed E-state index contributed by atoms with van der Waals surface area (Å²) >= 11 is 1.36. The Morgan fingerprint density at radius 1 is 1.24 bits per heavy atom. The molecule has 7 heteroatoms. The minimum atomic E-state index is 0.0943. The summed E-state index contributed by atoms with van der Waals surface area (Å²) < 4.78 is 1.72. The normalized spacial score (nSPS) is 13.9. The van der Waals surface area contributed by atoms with Gasteiger partial charge in [-0.3, -0.25) is 4.79 Å². The van der Waals surface area contributed by atoms with E-state index in [-0.39, 0.29) is 5.91 Å². The predicted octanol–water partition coefficient (Wildman–Crippen LogP) is 2.81. The van der Waals surface area contributed by atoms with Crippen LogP contribution in [0.2, 0.25) is 0 Å². The molecule has 3 heterocycles. The monoisotopic (exact) mass is 353 g/mol. The quantitative estimate of drug-likeness (QED) is 0.678. The third-order valence-electron chi connectivity index (χ3n) is 4.33. The highest BCUT2D eigenvalue weighted by Crippen LogP contribution is 2.27. The van der Waals surface area contributed by atoms with Gasteiger partial charge in [-0.2, -0.15) is 4.98 Å². The lowest BCUT2D eigenvalue weighted by molar-refractivity contribution is -0.116. The Balaban J connectivity index is 1.50. The van der Waals surface area contributed by atoms with Crippen LogP contribution in [0.3, 0.4) is 0 Å². The number of hydrogen-bond donors (Lipinski definition) is 0. The molecule has 128 valence electrons. The number of thioether (sulfide) groups is 1. The molecule has 0 fully saturated rings. The molecule has 25 heavy (non-hydrogen) atoms. The van der Waals surface area contributed by atoms with Crippen molar-refractivity contribution in [2.24, 2.45) is 0 Å². The van der Waals surface area contributed by atoms with E-state index in [9.17, 15) is 4.79 Å². The first-order chi connectivity index (χ1) is 12.1. The number of anilines is 1. The number of para-hydroxylation sites is 1. The number of fused-ring (bicyclic) bond motifs is 2. The molecule has 1 aromatic carbocycles. The molecule has 0 N–H and O–H groups in total. The average molecular weight is 353 g/mol. The molecular weight excluding hydrogens is 334 g/mol. The van der Waals surface area contributed by atoms with Crippen molar-refractivity contribution < 1.29 is 4.79 Å². The summed E-state index contributed by atoms with van der Waals surface area (Å²) in [6.07, 6.45) is 2.04. The summed E-state index contributed by atoms with van der Waals surface area (Å²) in [5, 5.41) is 5.03. The number of aryl methyl sites for hydroxylation is 3. The minimum Gasteiger partial charge on any atom is -0.311 e. The maximum absolute atomic E-state index is 12.7. The number of aromatic nitrogens is 4. The van der Waals surface area contributed by atoms with Gasteiger partial charge in [0.1, 0.15) is 0 Å². The van der Waals surface area contributed by atoms with Gasteiger partial charge in [0.25, 0.3) is 5.78 Å². The van der Waals surface area contributed by atoms with Gasteiger partial charge in [0.05, 0.1) is 5.75 Å². The second-order valence-electron chi connectivity index (χ2n) is 6.21. The molecule has 0 spiro atoms. The minimum absolute atomic E-state index is 0.0943. The standard InChI is InChI=1S/C18H19N5OS/c1-12-10-13(2)23-17(19-12)20-18(21-23)25-11-16(24)22-9-5-7-14-6-3-4-8-15(14)22/h3-4,6,8,10H,5,7,9,11H2,1-2H3. The lowest BCUT2D eigenvalue weighted by Crippen LogP contribution is -2.36. The molecule has 0 radical (unpaired) electrons. The maximum Gasteiger partial charge on any atom is 0.253 e. The van der Waals surface area contributed by atoms with Gasteiger partial charge >= 0.3 is 0 Å². The van der Waals surface area contributed by atoms with Crippen molar-refractivity contribution >= 4 is 29.1 Å². The highest BCUT2D eigenvalue weighted by Gasteiger charge is 2.22. The van der Waals surface area contributed by atoms with E-state index in [2.05, 4.69) is 21.1 Å². The van der Waals surface area contributed by atoms with Crippen molar-refractivity contribution in [2.75, 3.05) is 17.2 Å². The molecule has 0 saturated carbocycles. The molecule has 0 saturated heterocycles. The molecule has 2 aromatic heterocycles. The number of hydrogen-bond acceptors (Lipinski definition) is 5. The van der Waals surface area contributed by atoms with Crippen LogP contribution >= 0.6 is 11.8 Å². The summed E-state index contributed by atoms with van der Waals surface area (Å²) in [4.78, 5) is 23.4. The molecule has 1 amide bonds. The number of carbonyl (C=O) groups is 1. The second kappa shape index (κ2) is 6.48. The summed E-state index contributed by atoms with van der Waals surface area (Å²) in [6, 6.07) is 10.1. The Labute approximate surface area is 150 Å². The molecule has 4 rings (SSSR count). The number of nitrogens with zero attached hydrogens (tertiary/aromatic N) is 5. The summed E-state index contributed by atoms with van der Waals surface area (Å²) in [5.74, 6) is 0.996. The first-order valence-electron chi connectivity index (χ1n) is 8.34. The molecule has 0 atom stereocenters.